The summed E-state index contributed by atoms with van der Waals surface area (Å²) in [6.45, 7) is 10.2. The number of carbonyl (C=O) groups is 2. The maximum absolute atomic E-state index is 13.3. The minimum Gasteiger partial charge on any atom is -0.487 e. The number of rotatable bonds is 12. The molecule has 0 aromatic heterocycles. The van der Waals surface area contributed by atoms with Crippen LogP contribution in [0.2, 0.25) is 0 Å². The lowest BCUT2D eigenvalue weighted by Crippen LogP contribution is -2.44. The fraction of sp³-hybridized carbons (Fsp3) is 0.567. The molecule has 1 aliphatic carbocycles. The monoisotopic (exact) mass is 618 g/mol. The van der Waals surface area contributed by atoms with Crippen molar-refractivity contribution in [1.29, 1.82) is 0 Å². The maximum atomic E-state index is 13.3. The molecule has 0 fully saturated rings. The number of allylic oxidation sites excluding steroid dienone is 2. The van der Waals surface area contributed by atoms with Crippen LogP contribution in [0.1, 0.15) is 61.8 Å². The molecule has 0 radical (unpaired) electrons. The van der Waals surface area contributed by atoms with E-state index in [0.29, 0.717) is 30.4 Å². The van der Waals surface area contributed by atoms with Crippen LogP contribution in [-0.4, -0.2) is 76.2 Å². The number of hydrogen-bond acceptors (Lipinski definition) is 8. The van der Waals surface area contributed by atoms with E-state index in [-0.39, 0.29) is 43.0 Å². The largest absolute Gasteiger partial charge is 0.487 e. The predicted molar refractivity (Wildman–Crippen MR) is 167 cm³/mol. The average Bonchev–Trinajstić information content (AvgIpc) is 3.28. The lowest BCUT2D eigenvalue weighted by Gasteiger charge is -2.19. The van der Waals surface area contributed by atoms with Crippen LogP contribution in [0.4, 0.5) is 4.79 Å². The highest BCUT2D eigenvalue weighted by Gasteiger charge is 2.36. The maximum Gasteiger partial charge on any atom is 0.409 e. The van der Waals surface area contributed by atoms with Gasteiger partial charge in [-0.15, -0.1) is 0 Å². The molecule has 0 spiro atoms. The van der Waals surface area contributed by atoms with E-state index in [0.717, 1.165) is 35.3 Å². The zero-order valence-corrected chi connectivity index (χ0v) is 26.9. The van der Waals surface area contributed by atoms with Crippen LogP contribution in [0.25, 0.3) is 0 Å². The Morgan fingerprint density at radius 3 is 2.58 bits per heavy atom. The Morgan fingerprint density at radius 2 is 1.91 bits per heavy atom. The Kier molecular flexibility index (Phi) is 11.2. The molecule has 1 aliphatic heterocycles. The van der Waals surface area contributed by atoms with Gasteiger partial charge in [0.15, 0.2) is 0 Å². The van der Waals surface area contributed by atoms with Gasteiger partial charge in [0.05, 0.1) is 10.9 Å². The topological polar surface area (TPSA) is 178 Å². The normalized spacial score (nSPS) is 16.5. The highest BCUT2D eigenvalue weighted by molar-refractivity contribution is 7.90. The van der Waals surface area contributed by atoms with Crippen LogP contribution in [-0.2, 0) is 26.0 Å². The summed E-state index contributed by atoms with van der Waals surface area (Å²) in [5.74, 6) is 0.149. The van der Waals surface area contributed by atoms with Crippen molar-refractivity contribution in [2.75, 3.05) is 33.3 Å². The highest BCUT2D eigenvalue weighted by atomic mass is 32.2. The standard InChI is InChI=1S/C30H46N6O6S/c1-19-20(2)26(21(3)23-17-30(4,5)42-25(19)23)43(39,40)35-28(32)34-14-10-13-24(31)27(37)33-15-16-36(6)29(38)41-18-22-11-8-7-9-12-22/h8,11-12,24H,7,9-10,13-18,31H2,1-6H3,(H,33,37)(H3,32,34,35). The smallest absolute Gasteiger partial charge is 0.409 e. The van der Waals surface area contributed by atoms with Gasteiger partial charge in [0.1, 0.15) is 18.0 Å². The molecule has 0 bridgehead atoms. The van der Waals surface area contributed by atoms with Crippen molar-refractivity contribution < 1.29 is 27.5 Å². The van der Waals surface area contributed by atoms with E-state index in [2.05, 4.69) is 15.0 Å². The summed E-state index contributed by atoms with van der Waals surface area (Å²) < 4.78 is 40.4. The number of fused-ring (bicyclic) bond motifs is 1. The Hall–Kier alpha value is -3.58. The van der Waals surface area contributed by atoms with Gasteiger partial charge in [-0.3, -0.25) is 9.79 Å². The minimum atomic E-state index is -4.00. The second kappa shape index (κ2) is 14.3. The summed E-state index contributed by atoms with van der Waals surface area (Å²) in [5.41, 5.74) is 15.4. The third-order valence-electron chi connectivity index (χ3n) is 7.58. The van der Waals surface area contributed by atoms with Crippen LogP contribution in [0.15, 0.2) is 33.7 Å². The number of benzene rings is 1. The molecule has 2 aliphatic rings. The van der Waals surface area contributed by atoms with Crippen LogP contribution in [0, 0.1) is 20.8 Å². The summed E-state index contributed by atoms with van der Waals surface area (Å²) in [7, 11) is -2.40. The number of amides is 2. The predicted octanol–water partition coefficient (Wildman–Crippen LogP) is 2.49. The number of guanidine groups is 1. The summed E-state index contributed by atoms with van der Waals surface area (Å²) in [4.78, 5) is 30.2. The minimum absolute atomic E-state index is 0.179. The number of carbonyl (C=O) groups excluding carboxylic acids is 2. The van der Waals surface area contributed by atoms with Crippen molar-refractivity contribution in [3.63, 3.8) is 0 Å². The van der Waals surface area contributed by atoms with E-state index >= 15 is 0 Å². The first-order valence-electron chi connectivity index (χ1n) is 14.5. The number of likely N-dealkylation sites (N-methyl/N-ethyl adjacent to an activating group) is 1. The fourth-order valence-electron chi connectivity index (χ4n) is 5.11. The first-order chi connectivity index (χ1) is 20.1. The Balaban J connectivity index is 1.42. The van der Waals surface area contributed by atoms with Gasteiger partial charge < -0.3 is 31.2 Å². The molecule has 238 valence electrons. The molecule has 1 aromatic rings. The van der Waals surface area contributed by atoms with Crippen molar-refractivity contribution in [1.82, 2.24) is 14.9 Å². The van der Waals surface area contributed by atoms with Crippen molar-refractivity contribution >= 4 is 28.0 Å². The lowest BCUT2D eigenvalue weighted by atomic mass is 9.94. The van der Waals surface area contributed by atoms with Gasteiger partial charge in [-0.1, -0.05) is 18.2 Å². The Labute approximate surface area is 255 Å². The number of hydrogen-bond donors (Lipinski definition) is 4. The molecule has 0 saturated carbocycles. The molecule has 6 N–H and O–H groups in total. The summed E-state index contributed by atoms with van der Waals surface area (Å²) >= 11 is 0. The molecule has 12 nitrogen and oxygen atoms in total. The highest BCUT2D eigenvalue weighted by Crippen LogP contribution is 2.43. The van der Waals surface area contributed by atoms with Gasteiger partial charge >= 0.3 is 6.09 Å². The summed E-state index contributed by atoms with van der Waals surface area (Å²) in [5, 5.41) is 2.71. The van der Waals surface area contributed by atoms with Gasteiger partial charge in [0, 0.05) is 38.7 Å². The molecular weight excluding hydrogens is 572 g/mol. The van der Waals surface area contributed by atoms with Gasteiger partial charge in [-0.25, -0.2) is 17.9 Å². The van der Waals surface area contributed by atoms with E-state index in [4.69, 9.17) is 20.9 Å². The lowest BCUT2D eigenvalue weighted by molar-refractivity contribution is -0.122. The van der Waals surface area contributed by atoms with Gasteiger partial charge in [0.25, 0.3) is 10.0 Å². The average molecular weight is 619 g/mol. The van der Waals surface area contributed by atoms with Crippen LogP contribution >= 0.6 is 0 Å². The van der Waals surface area contributed by atoms with Gasteiger partial charge in [-0.05, 0) is 82.6 Å². The van der Waals surface area contributed by atoms with E-state index in [1.165, 1.54) is 4.90 Å². The first-order valence-corrected chi connectivity index (χ1v) is 16.0. The fourth-order valence-corrected chi connectivity index (χ4v) is 6.63. The molecule has 0 saturated heterocycles. The van der Waals surface area contributed by atoms with E-state index < -0.39 is 27.8 Å². The number of aliphatic imine (C=N–C) groups is 1. The number of sulfonamides is 1. The Bertz CT molecular complexity index is 1420. The number of ether oxygens (including phenoxy) is 2. The second-order valence-corrected chi connectivity index (χ2v) is 13.3. The van der Waals surface area contributed by atoms with Crippen molar-refractivity contribution in [3.05, 3.63) is 46.1 Å². The third kappa shape index (κ3) is 8.96. The second-order valence-electron chi connectivity index (χ2n) is 11.7. The molecular formula is C30H46N6O6S. The zero-order chi connectivity index (χ0) is 31.9. The molecule has 3 rings (SSSR count). The zero-order valence-electron chi connectivity index (χ0n) is 26.1. The quantitative estimate of drug-likeness (QED) is 0.157. The SMILES string of the molecule is Cc1c(C)c(S(=O)(=O)NC(N)=NCCCC(N)C(=O)NCCN(C)C(=O)OCC2=CCCC=C2)c(C)c2c1OC(C)(C)C2. The van der Waals surface area contributed by atoms with E-state index in [1.54, 1.807) is 20.9 Å². The van der Waals surface area contributed by atoms with Crippen LogP contribution in [0.3, 0.4) is 0 Å². The summed E-state index contributed by atoms with van der Waals surface area (Å²) in [6.07, 6.45) is 8.83. The molecule has 1 heterocycles. The molecule has 1 unspecified atom stereocenters. The van der Waals surface area contributed by atoms with Gasteiger partial charge in [0.2, 0.25) is 11.9 Å². The Morgan fingerprint density at radius 1 is 1.19 bits per heavy atom. The molecule has 43 heavy (non-hydrogen) atoms. The number of nitrogens with two attached hydrogens (primary N) is 2. The molecule has 1 atom stereocenters. The van der Waals surface area contributed by atoms with Gasteiger partial charge in [-0.2, -0.15) is 0 Å². The van der Waals surface area contributed by atoms with Crippen LogP contribution < -0.4 is 26.2 Å². The molecule has 13 heteroatoms. The summed E-state index contributed by atoms with van der Waals surface area (Å²) in [6, 6.07) is -0.790. The number of nitrogens with one attached hydrogen (secondary N) is 2. The third-order valence-corrected chi connectivity index (χ3v) is 9.21. The molecule has 1 aromatic carbocycles. The van der Waals surface area contributed by atoms with E-state index in [9.17, 15) is 18.0 Å². The van der Waals surface area contributed by atoms with Crippen LogP contribution in [0.5, 0.6) is 5.75 Å². The molecule has 2 amide bonds. The first kappa shape index (κ1) is 33.9. The van der Waals surface area contributed by atoms with Crippen molar-refractivity contribution in [3.8, 4) is 5.75 Å². The van der Waals surface area contributed by atoms with E-state index in [1.807, 2.05) is 39.0 Å². The number of nitrogens with zero attached hydrogens (tertiary/aromatic N) is 2. The van der Waals surface area contributed by atoms with Crippen molar-refractivity contribution in [2.45, 2.75) is 83.3 Å². The van der Waals surface area contributed by atoms with Crippen molar-refractivity contribution in [2.24, 2.45) is 16.5 Å².